The van der Waals surface area contributed by atoms with E-state index in [4.69, 9.17) is 0 Å². The molecule has 4 rings (SSSR count). The summed E-state index contributed by atoms with van der Waals surface area (Å²) in [6, 6.07) is 12.5. The average Bonchev–Trinajstić information content (AvgIpc) is 3.08. The first-order chi connectivity index (χ1) is 11.8. The zero-order valence-electron chi connectivity index (χ0n) is 13.3. The minimum atomic E-state index is 0.152. The number of anilines is 1. The van der Waals surface area contributed by atoms with Crippen LogP contribution in [0.3, 0.4) is 0 Å². The van der Waals surface area contributed by atoms with Crippen molar-refractivity contribution in [3.63, 3.8) is 0 Å². The highest BCUT2D eigenvalue weighted by Gasteiger charge is 2.34. The fourth-order valence-electron chi connectivity index (χ4n) is 3.62. The summed E-state index contributed by atoms with van der Waals surface area (Å²) in [6.07, 6.45) is 6.26. The molecule has 1 aromatic carbocycles. The smallest absolute Gasteiger partial charge is 0.200 e. The molecule has 0 aliphatic heterocycles. The second-order valence-electron chi connectivity index (χ2n) is 6.45. The number of hydrogen-bond donors (Lipinski definition) is 1. The van der Waals surface area contributed by atoms with Crippen LogP contribution in [-0.4, -0.2) is 31.8 Å². The second kappa shape index (κ2) is 6.47. The van der Waals surface area contributed by atoms with Gasteiger partial charge in [0.05, 0.1) is 0 Å². The molecular weight excluding hydrogens is 368 g/mol. The molecule has 0 saturated heterocycles. The Kier molecular flexibility index (Phi) is 4.18. The summed E-state index contributed by atoms with van der Waals surface area (Å²) in [5, 5.41) is 19.3. The minimum absolute atomic E-state index is 0.152. The molecule has 2 heterocycles. The largest absolute Gasteiger partial charge is 0.368 e. The number of fused-ring (bicyclic) bond motifs is 1. The average molecular weight is 387 g/mol. The molecule has 0 bridgehead atoms. The normalized spacial score (nSPS) is 17.0. The molecule has 7 heteroatoms. The van der Waals surface area contributed by atoms with Crippen molar-refractivity contribution in [2.45, 2.75) is 37.5 Å². The molecule has 2 aromatic heterocycles. The first-order valence-electron chi connectivity index (χ1n) is 8.31. The van der Waals surface area contributed by atoms with Gasteiger partial charge in [0.2, 0.25) is 0 Å². The molecule has 1 N–H and O–H groups in total. The molecule has 0 radical (unpaired) electrons. The van der Waals surface area contributed by atoms with Crippen molar-refractivity contribution in [2.24, 2.45) is 0 Å². The number of aromatic nitrogens is 5. The first kappa shape index (κ1) is 15.5. The molecule has 124 valence electrons. The van der Waals surface area contributed by atoms with Gasteiger partial charge in [-0.05, 0) is 53.1 Å². The molecule has 3 aromatic rings. The van der Waals surface area contributed by atoms with E-state index < -0.39 is 0 Å². The predicted molar refractivity (Wildman–Crippen MR) is 96.0 cm³/mol. The minimum Gasteiger partial charge on any atom is -0.368 e. The van der Waals surface area contributed by atoms with Gasteiger partial charge >= 0.3 is 0 Å². The van der Waals surface area contributed by atoms with E-state index in [9.17, 15) is 0 Å². The van der Waals surface area contributed by atoms with Gasteiger partial charge in [0.15, 0.2) is 5.65 Å². The zero-order chi connectivity index (χ0) is 16.4. The zero-order valence-corrected chi connectivity index (χ0v) is 14.9. The van der Waals surface area contributed by atoms with Crippen molar-refractivity contribution in [1.29, 1.82) is 0 Å². The molecule has 0 spiro atoms. The second-order valence-corrected chi connectivity index (χ2v) is 7.37. The van der Waals surface area contributed by atoms with E-state index in [-0.39, 0.29) is 5.41 Å². The Labute approximate surface area is 148 Å². The van der Waals surface area contributed by atoms with E-state index in [2.05, 4.69) is 66.1 Å². The maximum absolute atomic E-state index is 4.42. The topological polar surface area (TPSA) is 68.0 Å². The van der Waals surface area contributed by atoms with E-state index in [0.29, 0.717) is 5.65 Å². The van der Waals surface area contributed by atoms with Crippen LogP contribution in [0.25, 0.3) is 5.65 Å². The summed E-state index contributed by atoms with van der Waals surface area (Å²) in [7, 11) is 0. The fourth-order valence-corrected chi connectivity index (χ4v) is 4.02. The van der Waals surface area contributed by atoms with E-state index in [1.54, 1.807) is 0 Å². The van der Waals surface area contributed by atoms with Gasteiger partial charge in [-0.3, -0.25) is 0 Å². The summed E-state index contributed by atoms with van der Waals surface area (Å²) < 4.78 is 2.59. The van der Waals surface area contributed by atoms with Crippen molar-refractivity contribution >= 4 is 27.4 Å². The van der Waals surface area contributed by atoms with Crippen LogP contribution in [0, 0.1) is 0 Å². The highest BCUT2D eigenvalue weighted by molar-refractivity contribution is 9.10. The highest BCUT2D eigenvalue weighted by atomic mass is 79.9. The molecule has 6 nitrogen and oxygen atoms in total. The number of hydrogen-bond acceptors (Lipinski definition) is 5. The van der Waals surface area contributed by atoms with Gasteiger partial charge in [0, 0.05) is 16.4 Å². The summed E-state index contributed by atoms with van der Waals surface area (Å²) in [5.74, 6) is 0.801. The molecule has 1 aliphatic carbocycles. The van der Waals surface area contributed by atoms with Crippen molar-refractivity contribution < 1.29 is 0 Å². The monoisotopic (exact) mass is 386 g/mol. The number of rotatable bonds is 4. The summed E-state index contributed by atoms with van der Waals surface area (Å²) in [5.41, 5.74) is 2.20. The van der Waals surface area contributed by atoms with Gasteiger partial charge in [-0.2, -0.15) is 0 Å². The van der Waals surface area contributed by atoms with E-state index in [0.717, 1.165) is 16.8 Å². The molecule has 0 atom stereocenters. The van der Waals surface area contributed by atoms with Gasteiger partial charge in [0.1, 0.15) is 5.82 Å². The van der Waals surface area contributed by atoms with Crippen LogP contribution in [0.4, 0.5) is 5.82 Å². The Balaban J connectivity index is 1.59. The van der Waals surface area contributed by atoms with Crippen LogP contribution < -0.4 is 5.32 Å². The lowest BCUT2D eigenvalue weighted by molar-refractivity contribution is 0.307. The standard InChI is InChI=1S/C17H19BrN6/c18-14-6-4-5-13(11-14)17(9-2-1-3-10-17)12-19-15-7-8-16-20-22-23-24(16)21-15/h4-8,11H,1-3,9-10,12H2,(H,19,21). The number of benzene rings is 1. The molecule has 1 saturated carbocycles. The van der Waals surface area contributed by atoms with Crippen LogP contribution >= 0.6 is 15.9 Å². The molecule has 1 fully saturated rings. The Morgan fingerprint density at radius 1 is 1.12 bits per heavy atom. The van der Waals surface area contributed by atoms with Crippen molar-refractivity contribution in [1.82, 2.24) is 25.3 Å². The van der Waals surface area contributed by atoms with Crippen LogP contribution in [0.5, 0.6) is 0 Å². The van der Waals surface area contributed by atoms with E-state index in [1.165, 1.54) is 42.3 Å². The summed E-state index contributed by atoms with van der Waals surface area (Å²) in [4.78, 5) is 0. The van der Waals surface area contributed by atoms with Crippen molar-refractivity contribution in [2.75, 3.05) is 11.9 Å². The maximum Gasteiger partial charge on any atom is 0.200 e. The van der Waals surface area contributed by atoms with E-state index in [1.807, 2.05) is 12.1 Å². The fraction of sp³-hybridized carbons (Fsp3) is 0.412. The third-order valence-corrected chi connectivity index (χ3v) is 5.42. The van der Waals surface area contributed by atoms with Gasteiger partial charge < -0.3 is 5.32 Å². The lowest BCUT2D eigenvalue weighted by Gasteiger charge is -2.38. The molecule has 1 aliphatic rings. The van der Waals surface area contributed by atoms with Gasteiger partial charge in [-0.25, -0.2) is 0 Å². The number of nitrogens with one attached hydrogen (secondary N) is 1. The van der Waals surface area contributed by atoms with Gasteiger partial charge in [-0.15, -0.1) is 14.8 Å². The van der Waals surface area contributed by atoms with E-state index >= 15 is 0 Å². The summed E-state index contributed by atoms with van der Waals surface area (Å²) in [6.45, 7) is 0.865. The third-order valence-electron chi connectivity index (χ3n) is 4.93. The Bertz CT molecular complexity index is 840. The first-order valence-corrected chi connectivity index (χ1v) is 9.10. The summed E-state index contributed by atoms with van der Waals surface area (Å²) >= 11 is 3.61. The Morgan fingerprint density at radius 3 is 2.83 bits per heavy atom. The van der Waals surface area contributed by atoms with Gasteiger partial charge in [-0.1, -0.05) is 47.3 Å². The Hall–Kier alpha value is -2.02. The van der Waals surface area contributed by atoms with Gasteiger partial charge in [0.25, 0.3) is 0 Å². The predicted octanol–water partition coefficient (Wildman–Crippen LogP) is 3.60. The lowest BCUT2D eigenvalue weighted by Crippen LogP contribution is -2.36. The molecule has 24 heavy (non-hydrogen) atoms. The lowest BCUT2D eigenvalue weighted by atomic mass is 9.69. The molecule has 0 amide bonds. The number of halogens is 1. The number of nitrogens with zero attached hydrogens (tertiary/aromatic N) is 5. The van der Waals surface area contributed by atoms with Crippen LogP contribution in [0.1, 0.15) is 37.7 Å². The number of tetrazole rings is 1. The van der Waals surface area contributed by atoms with Crippen molar-refractivity contribution in [3.8, 4) is 0 Å². The Morgan fingerprint density at radius 2 is 2.00 bits per heavy atom. The van der Waals surface area contributed by atoms with Crippen LogP contribution in [0.15, 0.2) is 40.9 Å². The van der Waals surface area contributed by atoms with Crippen LogP contribution in [0.2, 0.25) is 0 Å². The van der Waals surface area contributed by atoms with Crippen molar-refractivity contribution in [3.05, 3.63) is 46.4 Å². The highest BCUT2D eigenvalue weighted by Crippen LogP contribution is 2.40. The third kappa shape index (κ3) is 3.00. The SMILES string of the molecule is Brc1cccc(C2(CNc3ccc4nnnn4n3)CCCCC2)c1. The molecule has 0 unspecified atom stereocenters. The molecular formula is C17H19BrN6. The quantitative estimate of drug-likeness (QED) is 0.741. The maximum atomic E-state index is 4.42. The van der Waals surface area contributed by atoms with Crippen LogP contribution in [-0.2, 0) is 5.41 Å².